The lowest BCUT2D eigenvalue weighted by atomic mass is 10.0. The number of H-pyrrole nitrogens is 1. The largest absolute Gasteiger partial charge is 0.456 e. The Morgan fingerprint density at radius 2 is 1.82 bits per heavy atom. The number of nitrogens with zero attached hydrogens (tertiary/aromatic N) is 3. The van der Waals surface area contributed by atoms with Crippen molar-refractivity contribution < 1.29 is 13.6 Å². The molecular formula is C34H27FN6O3. The van der Waals surface area contributed by atoms with E-state index in [-0.39, 0.29) is 36.2 Å². The zero-order chi connectivity index (χ0) is 30.2. The molecule has 3 aromatic carbocycles. The maximum absolute atomic E-state index is 14.9. The van der Waals surface area contributed by atoms with Crippen LogP contribution in [-0.2, 0) is 17.9 Å². The molecule has 0 aliphatic carbocycles. The molecule has 7 rings (SSSR count). The van der Waals surface area contributed by atoms with Crippen LogP contribution in [0.4, 0.5) is 10.2 Å². The number of hydrogen-bond acceptors (Lipinski definition) is 6. The number of para-hydroxylation sites is 1. The SMILES string of the molecule is C[C@H](Nc1ncc(-c2ccccc2F)n(CC(=O)NCc2cc3cnccc3[nH]2)c1=O)c1ccc2oc3ccccc3c2c1. The average molecular weight is 587 g/mol. The van der Waals surface area contributed by atoms with Crippen LogP contribution < -0.4 is 16.2 Å². The number of rotatable bonds is 8. The second-order valence-corrected chi connectivity index (χ2v) is 10.6. The Hall–Kier alpha value is -5.77. The summed E-state index contributed by atoms with van der Waals surface area (Å²) in [6.07, 6.45) is 4.84. The van der Waals surface area contributed by atoms with Gasteiger partial charge in [0.2, 0.25) is 5.91 Å². The summed E-state index contributed by atoms with van der Waals surface area (Å²) in [5.41, 5.74) is 4.01. The zero-order valence-electron chi connectivity index (χ0n) is 23.7. The van der Waals surface area contributed by atoms with Gasteiger partial charge < -0.3 is 20.0 Å². The Bertz CT molecular complexity index is 2200. The van der Waals surface area contributed by atoms with Crippen LogP contribution in [0.2, 0.25) is 0 Å². The van der Waals surface area contributed by atoms with E-state index in [4.69, 9.17) is 4.42 Å². The van der Waals surface area contributed by atoms with Gasteiger partial charge >= 0.3 is 0 Å². The number of benzene rings is 3. The van der Waals surface area contributed by atoms with Crippen LogP contribution in [0.25, 0.3) is 44.1 Å². The van der Waals surface area contributed by atoms with Gasteiger partial charge in [-0.1, -0.05) is 36.4 Å². The van der Waals surface area contributed by atoms with Crippen molar-refractivity contribution >= 4 is 44.6 Å². The van der Waals surface area contributed by atoms with E-state index in [9.17, 15) is 14.0 Å². The summed E-state index contributed by atoms with van der Waals surface area (Å²) < 4.78 is 22.1. The number of furan rings is 1. The van der Waals surface area contributed by atoms with E-state index in [1.54, 1.807) is 30.6 Å². The lowest BCUT2D eigenvalue weighted by Crippen LogP contribution is -2.34. The van der Waals surface area contributed by atoms with E-state index >= 15 is 0 Å². The minimum Gasteiger partial charge on any atom is -0.456 e. The van der Waals surface area contributed by atoms with Crippen LogP contribution in [0.1, 0.15) is 24.2 Å². The fraction of sp³-hybridized carbons (Fsp3) is 0.118. The molecule has 3 N–H and O–H groups in total. The number of hydrogen-bond donors (Lipinski definition) is 3. The lowest BCUT2D eigenvalue weighted by Gasteiger charge is -2.18. The lowest BCUT2D eigenvalue weighted by molar-refractivity contribution is -0.121. The van der Waals surface area contributed by atoms with Crippen LogP contribution in [-0.4, -0.2) is 25.4 Å². The molecule has 0 aliphatic heterocycles. The van der Waals surface area contributed by atoms with Gasteiger partial charge in [-0.2, -0.15) is 0 Å². The van der Waals surface area contributed by atoms with Gasteiger partial charge in [0.05, 0.1) is 24.5 Å². The minimum atomic E-state index is -0.542. The summed E-state index contributed by atoms with van der Waals surface area (Å²) >= 11 is 0. The Labute approximate surface area is 250 Å². The number of amides is 1. The van der Waals surface area contributed by atoms with Crippen molar-refractivity contribution in [3.8, 4) is 11.3 Å². The van der Waals surface area contributed by atoms with Gasteiger partial charge in [0, 0.05) is 45.3 Å². The summed E-state index contributed by atoms with van der Waals surface area (Å²) in [5, 5.41) is 8.94. The van der Waals surface area contributed by atoms with Crippen molar-refractivity contribution in [2.75, 3.05) is 5.32 Å². The van der Waals surface area contributed by atoms with E-state index in [1.807, 2.05) is 61.5 Å². The van der Waals surface area contributed by atoms with Crippen molar-refractivity contribution in [2.24, 2.45) is 0 Å². The molecule has 4 aromatic heterocycles. The van der Waals surface area contributed by atoms with Crippen LogP contribution in [0, 0.1) is 5.82 Å². The van der Waals surface area contributed by atoms with Crippen LogP contribution in [0.5, 0.6) is 0 Å². The molecule has 218 valence electrons. The predicted octanol–water partition coefficient (Wildman–Crippen LogP) is 6.31. The van der Waals surface area contributed by atoms with E-state index in [1.165, 1.54) is 16.8 Å². The molecule has 0 saturated heterocycles. The Morgan fingerprint density at radius 1 is 1.00 bits per heavy atom. The molecule has 0 saturated carbocycles. The number of pyridine rings is 1. The summed E-state index contributed by atoms with van der Waals surface area (Å²) in [7, 11) is 0. The van der Waals surface area contributed by atoms with Crippen molar-refractivity contribution in [3.05, 3.63) is 125 Å². The molecule has 0 fully saturated rings. The predicted molar refractivity (Wildman–Crippen MR) is 168 cm³/mol. The second-order valence-electron chi connectivity index (χ2n) is 10.6. The molecular weight excluding hydrogens is 559 g/mol. The average Bonchev–Trinajstić information content (AvgIpc) is 3.63. The summed E-state index contributed by atoms with van der Waals surface area (Å²) in [4.78, 5) is 38.7. The summed E-state index contributed by atoms with van der Waals surface area (Å²) in [6, 6.07) is 23.2. The fourth-order valence-electron chi connectivity index (χ4n) is 5.45. The number of aromatic amines is 1. The van der Waals surface area contributed by atoms with Gasteiger partial charge in [-0.25, -0.2) is 9.37 Å². The molecule has 7 aromatic rings. The highest BCUT2D eigenvalue weighted by Gasteiger charge is 2.19. The first-order valence-electron chi connectivity index (χ1n) is 14.2. The molecule has 0 unspecified atom stereocenters. The molecule has 4 heterocycles. The first kappa shape index (κ1) is 27.1. The molecule has 0 spiro atoms. The molecule has 44 heavy (non-hydrogen) atoms. The highest BCUT2D eigenvalue weighted by atomic mass is 19.1. The number of aromatic nitrogens is 4. The van der Waals surface area contributed by atoms with E-state index < -0.39 is 17.3 Å². The quantitative estimate of drug-likeness (QED) is 0.192. The first-order chi connectivity index (χ1) is 21.4. The number of nitrogens with one attached hydrogen (secondary N) is 3. The molecule has 0 bridgehead atoms. The number of carbonyl (C=O) groups excluding carboxylic acids is 1. The normalized spacial score (nSPS) is 12.1. The van der Waals surface area contributed by atoms with E-state index in [0.29, 0.717) is 0 Å². The Kier molecular flexibility index (Phi) is 6.86. The molecule has 1 atom stereocenters. The standard InChI is InChI=1S/C34H27FN6O3/c1-20(21-10-11-31-26(15-21)24-6-3-5-9-30(24)44-31)39-33-34(43)41(29(18-38-33)25-7-2-4-8-27(25)35)19-32(42)37-17-23-14-22-16-36-13-12-28(22)40-23/h2-16,18,20,40H,17,19H2,1H3,(H,37,42)(H,38,39)/t20-/m0/s1. The maximum Gasteiger partial charge on any atom is 0.294 e. The van der Waals surface area contributed by atoms with Gasteiger partial charge in [-0.15, -0.1) is 0 Å². The summed E-state index contributed by atoms with van der Waals surface area (Å²) in [5.74, 6) is -0.890. The topological polar surface area (TPSA) is 118 Å². The third-order valence-corrected chi connectivity index (χ3v) is 7.71. The Balaban J connectivity index is 1.18. The smallest absolute Gasteiger partial charge is 0.294 e. The number of carbonyl (C=O) groups is 1. The van der Waals surface area contributed by atoms with Crippen LogP contribution >= 0.6 is 0 Å². The first-order valence-corrected chi connectivity index (χ1v) is 14.2. The fourth-order valence-corrected chi connectivity index (χ4v) is 5.45. The third-order valence-electron chi connectivity index (χ3n) is 7.71. The third kappa shape index (κ3) is 5.06. The molecule has 0 radical (unpaired) electrons. The van der Waals surface area contributed by atoms with Gasteiger partial charge in [0.25, 0.3) is 5.56 Å². The maximum atomic E-state index is 14.9. The monoisotopic (exact) mass is 586 g/mol. The highest BCUT2D eigenvalue weighted by Crippen LogP contribution is 2.31. The van der Waals surface area contributed by atoms with Crippen molar-refractivity contribution in [2.45, 2.75) is 26.1 Å². The zero-order valence-corrected chi connectivity index (χ0v) is 23.7. The molecule has 0 aliphatic rings. The molecule has 1 amide bonds. The van der Waals surface area contributed by atoms with Crippen molar-refractivity contribution in [1.29, 1.82) is 0 Å². The van der Waals surface area contributed by atoms with E-state index in [2.05, 4.69) is 25.6 Å². The minimum absolute atomic E-state index is 0.0469. The van der Waals surface area contributed by atoms with E-state index in [0.717, 1.165) is 44.1 Å². The van der Waals surface area contributed by atoms with Crippen molar-refractivity contribution in [3.63, 3.8) is 0 Å². The molecule has 10 heteroatoms. The van der Waals surface area contributed by atoms with Gasteiger partial charge in [-0.3, -0.25) is 19.1 Å². The second kappa shape index (κ2) is 11.1. The van der Waals surface area contributed by atoms with Crippen molar-refractivity contribution in [1.82, 2.24) is 24.8 Å². The number of fused-ring (bicyclic) bond motifs is 4. The number of anilines is 1. The molecule has 9 nitrogen and oxygen atoms in total. The van der Waals surface area contributed by atoms with Gasteiger partial charge in [0.1, 0.15) is 23.5 Å². The van der Waals surface area contributed by atoms with Crippen LogP contribution in [0.3, 0.4) is 0 Å². The Morgan fingerprint density at radius 3 is 2.68 bits per heavy atom. The summed E-state index contributed by atoms with van der Waals surface area (Å²) in [6.45, 7) is 1.81. The number of halogens is 1. The van der Waals surface area contributed by atoms with Gasteiger partial charge in [-0.05, 0) is 55.0 Å². The van der Waals surface area contributed by atoms with Crippen LogP contribution in [0.15, 0.2) is 107 Å². The highest BCUT2D eigenvalue weighted by molar-refractivity contribution is 6.05. The van der Waals surface area contributed by atoms with Gasteiger partial charge in [0.15, 0.2) is 5.82 Å².